The number of hydrogen-bond donors (Lipinski definition) is 2. The number of anilines is 1. The molecule has 1 amide bonds. The van der Waals surface area contributed by atoms with Crippen molar-refractivity contribution in [3.63, 3.8) is 0 Å². The number of carbonyl (C=O) groups excluding carboxylic acids is 1. The van der Waals surface area contributed by atoms with Crippen LogP contribution in [-0.4, -0.2) is 22.0 Å². The number of hydrogen-bond acceptors (Lipinski definition) is 4. The third kappa shape index (κ3) is 3.40. The maximum atomic E-state index is 13.6. The van der Waals surface area contributed by atoms with Gasteiger partial charge >= 0.3 is 5.97 Å². The first-order valence-corrected chi connectivity index (χ1v) is 7.06. The van der Waals surface area contributed by atoms with Crippen molar-refractivity contribution in [2.45, 2.75) is 6.42 Å². The van der Waals surface area contributed by atoms with E-state index in [1.165, 1.54) is 17.5 Å². The van der Waals surface area contributed by atoms with Gasteiger partial charge in [0.25, 0.3) is 5.91 Å². The Morgan fingerprint density at radius 3 is 2.85 bits per heavy atom. The van der Waals surface area contributed by atoms with Gasteiger partial charge in [-0.1, -0.05) is 6.07 Å². The van der Waals surface area contributed by atoms with Crippen LogP contribution in [0.5, 0.6) is 0 Å². The summed E-state index contributed by atoms with van der Waals surface area (Å²) in [4.78, 5) is 26.4. The van der Waals surface area contributed by atoms with Gasteiger partial charge in [-0.15, -0.1) is 11.3 Å². The van der Waals surface area contributed by atoms with E-state index in [0.717, 1.165) is 11.3 Å². The Balaban J connectivity index is 2.16. The summed E-state index contributed by atoms with van der Waals surface area (Å²) in [7, 11) is 0. The van der Waals surface area contributed by atoms with Crippen LogP contribution < -0.4 is 5.32 Å². The fourth-order valence-electron chi connectivity index (χ4n) is 1.47. The molecule has 0 atom stereocenters. The van der Waals surface area contributed by atoms with E-state index in [0.29, 0.717) is 10.2 Å². The largest absolute Gasteiger partial charge is 0.481 e. The molecule has 1 aromatic heterocycles. The second-order valence-electron chi connectivity index (χ2n) is 3.77. The minimum Gasteiger partial charge on any atom is -0.481 e. The third-order valence-corrected chi connectivity index (χ3v) is 3.76. The molecule has 0 saturated carbocycles. The number of thiazole rings is 1. The quantitative estimate of drug-likeness (QED) is 0.880. The molecule has 0 aliphatic heterocycles. The Hall–Kier alpha value is -1.80. The van der Waals surface area contributed by atoms with Gasteiger partial charge in [-0.05, 0) is 28.1 Å². The van der Waals surface area contributed by atoms with E-state index >= 15 is 0 Å². The molecule has 0 aliphatic carbocycles. The van der Waals surface area contributed by atoms with E-state index in [9.17, 15) is 14.0 Å². The van der Waals surface area contributed by atoms with Crippen LogP contribution in [0.1, 0.15) is 16.1 Å². The van der Waals surface area contributed by atoms with E-state index in [-0.39, 0.29) is 17.1 Å². The first-order valence-electron chi connectivity index (χ1n) is 5.39. The summed E-state index contributed by atoms with van der Waals surface area (Å²) in [6.45, 7) is 0. The maximum absolute atomic E-state index is 13.6. The van der Waals surface area contributed by atoms with Gasteiger partial charge < -0.3 is 5.11 Å². The highest BCUT2D eigenvalue weighted by Gasteiger charge is 2.17. The van der Waals surface area contributed by atoms with Crippen molar-refractivity contribution in [1.29, 1.82) is 0 Å². The van der Waals surface area contributed by atoms with Crippen LogP contribution in [0.2, 0.25) is 0 Å². The van der Waals surface area contributed by atoms with Crippen LogP contribution in [0.15, 0.2) is 28.1 Å². The molecule has 1 aromatic carbocycles. The molecule has 0 radical (unpaired) electrons. The van der Waals surface area contributed by atoms with Gasteiger partial charge in [0, 0.05) is 9.85 Å². The molecule has 20 heavy (non-hydrogen) atoms. The number of benzene rings is 1. The molecule has 0 aliphatic rings. The number of aromatic nitrogens is 1. The summed E-state index contributed by atoms with van der Waals surface area (Å²) < 4.78 is 13.9. The van der Waals surface area contributed by atoms with E-state index in [1.807, 2.05) is 0 Å². The fourth-order valence-corrected chi connectivity index (χ4v) is 2.70. The predicted octanol–water partition coefficient (Wildman–Crippen LogP) is 2.92. The molecule has 104 valence electrons. The van der Waals surface area contributed by atoms with Crippen LogP contribution in [0.3, 0.4) is 0 Å². The molecule has 0 bridgehead atoms. The minimum atomic E-state index is -1.01. The van der Waals surface area contributed by atoms with Crippen molar-refractivity contribution < 1.29 is 19.1 Å². The van der Waals surface area contributed by atoms with Gasteiger partial charge in [0.1, 0.15) is 5.82 Å². The molecule has 1 heterocycles. The van der Waals surface area contributed by atoms with Crippen LogP contribution in [0.4, 0.5) is 9.52 Å². The predicted molar refractivity (Wildman–Crippen MR) is 75.5 cm³/mol. The molecule has 2 rings (SSSR count). The molecule has 2 aromatic rings. The van der Waals surface area contributed by atoms with Crippen molar-refractivity contribution in [2.75, 3.05) is 5.32 Å². The molecule has 0 spiro atoms. The zero-order chi connectivity index (χ0) is 14.7. The van der Waals surface area contributed by atoms with Gasteiger partial charge in [-0.3, -0.25) is 14.9 Å². The highest BCUT2D eigenvalue weighted by molar-refractivity contribution is 9.10. The first kappa shape index (κ1) is 14.6. The lowest BCUT2D eigenvalue weighted by Gasteiger charge is -2.05. The van der Waals surface area contributed by atoms with Gasteiger partial charge in [0.2, 0.25) is 0 Å². The molecular formula is C12H8BrFN2O3S. The topological polar surface area (TPSA) is 79.3 Å². The Morgan fingerprint density at radius 2 is 2.20 bits per heavy atom. The van der Waals surface area contributed by atoms with Crippen LogP contribution in [0, 0.1) is 5.82 Å². The molecule has 0 fully saturated rings. The van der Waals surface area contributed by atoms with E-state index in [4.69, 9.17) is 5.11 Å². The number of rotatable bonds is 4. The van der Waals surface area contributed by atoms with Gasteiger partial charge in [-0.25, -0.2) is 9.37 Å². The molecule has 8 heteroatoms. The number of carbonyl (C=O) groups is 2. The Morgan fingerprint density at radius 1 is 1.45 bits per heavy atom. The highest BCUT2D eigenvalue weighted by atomic mass is 79.9. The summed E-state index contributed by atoms with van der Waals surface area (Å²) >= 11 is 4.19. The Bertz CT molecular complexity index is 654. The van der Waals surface area contributed by atoms with Crippen molar-refractivity contribution in [1.82, 2.24) is 4.98 Å². The van der Waals surface area contributed by atoms with Crippen molar-refractivity contribution >= 4 is 44.3 Å². The normalized spacial score (nSPS) is 10.3. The van der Waals surface area contributed by atoms with Gasteiger partial charge in [0.05, 0.1) is 17.7 Å². The SMILES string of the molecule is O=C(O)Cc1csc(NC(=O)c2c(F)cccc2Br)n1. The molecule has 2 N–H and O–H groups in total. The lowest BCUT2D eigenvalue weighted by atomic mass is 10.2. The summed E-state index contributed by atoms with van der Waals surface area (Å²) in [6.07, 6.45) is -0.226. The summed E-state index contributed by atoms with van der Waals surface area (Å²) in [5, 5.41) is 12.8. The van der Waals surface area contributed by atoms with Crippen molar-refractivity contribution in [3.05, 3.63) is 45.1 Å². The average Bonchev–Trinajstić information content (AvgIpc) is 2.75. The third-order valence-electron chi connectivity index (χ3n) is 2.29. The summed E-state index contributed by atoms with van der Waals surface area (Å²) in [6, 6.07) is 4.21. The van der Waals surface area contributed by atoms with Crippen LogP contribution in [0.25, 0.3) is 0 Å². The number of carboxylic acids is 1. The summed E-state index contributed by atoms with van der Waals surface area (Å²) in [5.74, 6) is -2.31. The van der Waals surface area contributed by atoms with E-state index in [2.05, 4.69) is 26.2 Å². The lowest BCUT2D eigenvalue weighted by molar-refractivity contribution is -0.136. The monoisotopic (exact) mass is 358 g/mol. The molecule has 5 nitrogen and oxygen atoms in total. The number of carboxylic acid groups (broad SMARTS) is 1. The van der Waals surface area contributed by atoms with Gasteiger partial charge in [-0.2, -0.15) is 0 Å². The fraction of sp³-hybridized carbons (Fsp3) is 0.0833. The second kappa shape index (κ2) is 6.10. The average molecular weight is 359 g/mol. The molecule has 0 saturated heterocycles. The van der Waals surface area contributed by atoms with Gasteiger partial charge in [0.15, 0.2) is 5.13 Å². The van der Waals surface area contributed by atoms with E-state index in [1.54, 1.807) is 6.07 Å². The highest BCUT2D eigenvalue weighted by Crippen LogP contribution is 2.22. The minimum absolute atomic E-state index is 0.123. The number of halogens is 2. The van der Waals surface area contributed by atoms with Crippen LogP contribution >= 0.6 is 27.3 Å². The molecule has 0 unspecified atom stereocenters. The number of amides is 1. The second-order valence-corrected chi connectivity index (χ2v) is 5.48. The first-order chi connectivity index (χ1) is 9.47. The number of nitrogens with one attached hydrogen (secondary N) is 1. The van der Waals surface area contributed by atoms with Crippen LogP contribution in [-0.2, 0) is 11.2 Å². The summed E-state index contributed by atoms with van der Waals surface area (Å²) in [5.41, 5.74) is 0.216. The smallest absolute Gasteiger partial charge is 0.309 e. The van der Waals surface area contributed by atoms with Crippen molar-refractivity contribution in [3.8, 4) is 0 Å². The maximum Gasteiger partial charge on any atom is 0.309 e. The standard InChI is InChI=1S/C12H8BrFN2O3S/c13-7-2-1-3-8(14)10(7)11(19)16-12-15-6(5-20-12)4-9(17)18/h1-3,5H,4H2,(H,17,18)(H,15,16,19). The lowest BCUT2D eigenvalue weighted by Crippen LogP contribution is -2.14. The van der Waals surface area contributed by atoms with Crippen molar-refractivity contribution in [2.24, 2.45) is 0 Å². The Kier molecular flexibility index (Phi) is 4.46. The number of nitrogens with zero attached hydrogens (tertiary/aromatic N) is 1. The zero-order valence-corrected chi connectivity index (χ0v) is 12.3. The molecular weight excluding hydrogens is 351 g/mol. The zero-order valence-electron chi connectivity index (χ0n) is 9.89. The Labute approximate surface area is 125 Å². The van der Waals surface area contributed by atoms with E-state index < -0.39 is 17.7 Å². The number of aliphatic carboxylic acids is 1.